The molecule has 21 heavy (non-hydrogen) atoms. The summed E-state index contributed by atoms with van der Waals surface area (Å²) in [6, 6.07) is 10.5. The molecule has 0 aliphatic heterocycles. The maximum atomic E-state index is 5.80. The lowest BCUT2D eigenvalue weighted by Gasteiger charge is -2.19. The molecule has 0 saturated heterocycles. The summed E-state index contributed by atoms with van der Waals surface area (Å²) in [6.07, 6.45) is 1.85. The van der Waals surface area contributed by atoms with Crippen molar-refractivity contribution in [1.29, 1.82) is 0 Å². The van der Waals surface area contributed by atoms with Crippen LogP contribution in [0.5, 0.6) is 0 Å². The third-order valence-corrected chi connectivity index (χ3v) is 4.17. The van der Waals surface area contributed by atoms with Gasteiger partial charge in [-0.2, -0.15) is 0 Å². The number of hydrogen-bond acceptors (Lipinski definition) is 3. The summed E-state index contributed by atoms with van der Waals surface area (Å²) in [5.74, 6) is 1.95. The first kappa shape index (κ1) is 13.8. The first-order chi connectivity index (χ1) is 10.1. The minimum Gasteiger partial charge on any atom is -0.466 e. The zero-order valence-corrected chi connectivity index (χ0v) is 12.9. The van der Waals surface area contributed by atoms with E-state index in [9.17, 15) is 0 Å². The standard InChI is InChI=1S/C18H20N2O/c1-11-12(2)21-13(3)16(11)18(19-4)15-9-5-7-14-8-6-10-20-17(14)15/h5-10,18-19H,1-4H3. The van der Waals surface area contributed by atoms with Crippen molar-refractivity contribution in [2.45, 2.75) is 26.8 Å². The number of rotatable bonds is 3. The molecule has 3 heteroatoms. The summed E-state index contributed by atoms with van der Waals surface area (Å²) in [4.78, 5) is 4.57. The first-order valence-electron chi connectivity index (χ1n) is 7.21. The van der Waals surface area contributed by atoms with Crippen molar-refractivity contribution in [1.82, 2.24) is 10.3 Å². The molecule has 0 saturated carbocycles. The maximum absolute atomic E-state index is 5.80. The summed E-state index contributed by atoms with van der Waals surface area (Å²) < 4.78 is 5.80. The Bertz CT molecular complexity index is 784. The molecule has 1 aromatic carbocycles. The fourth-order valence-electron chi connectivity index (χ4n) is 3.05. The van der Waals surface area contributed by atoms with Crippen LogP contribution in [0.25, 0.3) is 10.9 Å². The topological polar surface area (TPSA) is 38.1 Å². The third-order valence-electron chi connectivity index (χ3n) is 4.17. The predicted octanol–water partition coefficient (Wildman–Crippen LogP) is 4.06. The smallest absolute Gasteiger partial charge is 0.106 e. The molecule has 0 radical (unpaired) electrons. The van der Waals surface area contributed by atoms with Crippen LogP contribution in [-0.4, -0.2) is 12.0 Å². The second kappa shape index (κ2) is 5.34. The van der Waals surface area contributed by atoms with E-state index < -0.39 is 0 Å². The number of aromatic nitrogens is 1. The highest BCUT2D eigenvalue weighted by Gasteiger charge is 2.23. The van der Waals surface area contributed by atoms with E-state index in [0.29, 0.717) is 0 Å². The van der Waals surface area contributed by atoms with Crippen molar-refractivity contribution in [3.63, 3.8) is 0 Å². The van der Waals surface area contributed by atoms with Crippen LogP contribution in [0.3, 0.4) is 0 Å². The van der Waals surface area contributed by atoms with Crippen LogP contribution < -0.4 is 5.32 Å². The van der Waals surface area contributed by atoms with Gasteiger partial charge < -0.3 is 9.73 Å². The lowest BCUT2D eigenvalue weighted by molar-refractivity contribution is 0.496. The van der Waals surface area contributed by atoms with E-state index in [1.54, 1.807) is 0 Å². The molecule has 2 aromatic heterocycles. The van der Waals surface area contributed by atoms with E-state index >= 15 is 0 Å². The molecule has 108 valence electrons. The molecule has 1 unspecified atom stereocenters. The normalized spacial score (nSPS) is 12.8. The molecule has 0 spiro atoms. The van der Waals surface area contributed by atoms with E-state index in [1.165, 1.54) is 16.7 Å². The second-order valence-corrected chi connectivity index (χ2v) is 5.40. The van der Waals surface area contributed by atoms with Gasteiger partial charge in [-0.05, 0) is 45.0 Å². The zero-order chi connectivity index (χ0) is 15.0. The van der Waals surface area contributed by atoms with E-state index in [1.807, 2.05) is 33.2 Å². The molecule has 3 rings (SSSR count). The molecule has 0 bridgehead atoms. The van der Waals surface area contributed by atoms with Crippen molar-refractivity contribution < 1.29 is 4.42 Å². The average molecular weight is 280 g/mol. The number of nitrogens with one attached hydrogen (secondary N) is 1. The van der Waals surface area contributed by atoms with Crippen LogP contribution >= 0.6 is 0 Å². The number of furan rings is 1. The van der Waals surface area contributed by atoms with Gasteiger partial charge >= 0.3 is 0 Å². The van der Waals surface area contributed by atoms with Gasteiger partial charge in [-0.1, -0.05) is 24.3 Å². The molecule has 0 aliphatic carbocycles. The summed E-state index contributed by atoms with van der Waals surface area (Å²) in [5, 5.41) is 4.58. The van der Waals surface area contributed by atoms with Gasteiger partial charge in [0.05, 0.1) is 11.6 Å². The molecular weight excluding hydrogens is 260 g/mol. The van der Waals surface area contributed by atoms with Crippen molar-refractivity contribution in [2.75, 3.05) is 7.05 Å². The predicted molar refractivity (Wildman–Crippen MR) is 85.6 cm³/mol. The van der Waals surface area contributed by atoms with Crippen LogP contribution in [0.15, 0.2) is 40.9 Å². The average Bonchev–Trinajstić information content (AvgIpc) is 2.75. The monoisotopic (exact) mass is 280 g/mol. The molecule has 1 atom stereocenters. The highest BCUT2D eigenvalue weighted by molar-refractivity contribution is 5.82. The Labute approximate surface area is 125 Å². The zero-order valence-electron chi connectivity index (χ0n) is 12.9. The highest BCUT2D eigenvalue weighted by atomic mass is 16.3. The molecule has 3 aromatic rings. The molecule has 3 nitrogen and oxygen atoms in total. The number of benzene rings is 1. The van der Waals surface area contributed by atoms with Gasteiger partial charge in [0.25, 0.3) is 0 Å². The lowest BCUT2D eigenvalue weighted by Crippen LogP contribution is -2.19. The van der Waals surface area contributed by atoms with E-state index in [2.05, 4.69) is 41.5 Å². The maximum Gasteiger partial charge on any atom is 0.106 e. The Kier molecular flexibility index (Phi) is 3.52. The van der Waals surface area contributed by atoms with Crippen molar-refractivity contribution in [2.24, 2.45) is 0 Å². The summed E-state index contributed by atoms with van der Waals surface area (Å²) in [6.45, 7) is 6.15. The molecule has 1 N–H and O–H groups in total. The molecule has 0 amide bonds. The number of para-hydroxylation sites is 1. The Hall–Kier alpha value is -2.13. The Balaban J connectivity index is 2.23. The SMILES string of the molecule is CNC(c1c(C)oc(C)c1C)c1cccc2cccnc12. The van der Waals surface area contributed by atoms with E-state index in [4.69, 9.17) is 4.42 Å². The van der Waals surface area contributed by atoms with Gasteiger partial charge in [0.2, 0.25) is 0 Å². The van der Waals surface area contributed by atoms with Gasteiger partial charge in [-0.25, -0.2) is 0 Å². The van der Waals surface area contributed by atoms with Gasteiger partial charge in [-0.3, -0.25) is 4.98 Å². The van der Waals surface area contributed by atoms with Crippen LogP contribution in [0.1, 0.15) is 34.3 Å². The van der Waals surface area contributed by atoms with E-state index in [-0.39, 0.29) is 6.04 Å². The minimum absolute atomic E-state index is 0.0843. The van der Waals surface area contributed by atoms with Crippen molar-refractivity contribution >= 4 is 10.9 Å². The quantitative estimate of drug-likeness (QED) is 0.786. The van der Waals surface area contributed by atoms with Crippen molar-refractivity contribution in [3.05, 3.63) is 64.7 Å². The summed E-state index contributed by atoms with van der Waals surface area (Å²) >= 11 is 0. The minimum atomic E-state index is 0.0843. The van der Waals surface area contributed by atoms with Crippen molar-refractivity contribution in [3.8, 4) is 0 Å². The molecule has 0 aliphatic rings. The number of hydrogen-bond donors (Lipinski definition) is 1. The highest BCUT2D eigenvalue weighted by Crippen LogP contribution is 2.33. The fourth-order valence-corrected chi connectivity index (χ4v) is 3.05. The molecule has 0 fully saturated rings. The van der Waals surface area contributed by atoms with Crippen LogP contribution in [0.2, 0.25) is 0 Å². The number of pyridine rings is 1. The van der Waals surface area contributed by atoms with Gasteiger partial charge in [0, 0.05) is 17.1 Å². The van der Waals surface area contributed by atoms with Crippen LogP contribution in [-0.2, 0) is 0 Å². The third kappa shape index (κ3) is 2.24. The number of nitrogens with zero attached hydrogens (tertiary/aromatic N) is 1. The first-order valence-corrected chi connectivity index (χ1v) is 7.21. The fraction of sp³-hybridized carbons (Fsp3) is 0.278. The van der Waals surface area contributed by atoms with E-state index in [0.717, 1.165) is 22.4 Å². The van der Waals surface area contributed by atoms with Gasteiger partial charge in [0.15, 0.2) is 0 Å². The van der Waals surface area contributed by atoms with Gasteiger partial charge in [0.1, 0.15) is 11.5 Å². The lowest BCUT2D eigenvalue weighted by atomic mass is 9.93. The largest absolute Gasteiger partial charge is 0.466 e. The summed E-state index contributed by atoms with van der Waals surface area (Å²) in [7, 11) is 1.98. The molecule has 2 heterocycles. The number of fused-ring (bicyclic) bond motifs is 1. The Morgan fingerprint density at radius 2 is 1.81 bits per heavy atom. The Morgan fingerprint density at radius 1 is 1.05 bits per heavy atom. The second-order valence-electron chi connectivity index (χ2n) is 5.40. The Morgan fingerprint density at radius 3 is 2.48 bits per heavy atom. The summed E-state index contributed by atoms with van der Waals surface area (Å²) in [5.41, 5.74) is 4.65. The van der Waals surface area contributed by atoms with Gasteiger partial charge in [-0.15, -0.1) is 0 Å². The molecular formula is C18H20N2O. The van der Waals surface area contributed by atoms with Crippen LogP contribution in [0, 0.1) is 20.8 Å². The number of aryl methyl sites for hydroxylation is 2. The van der Waals surface area contributed by atoms with Crippen LogP contribution in [0.4, 0.5) is 0 Å².